The number of fused-ring (bicyclic) bond motifs is 3. The summed E-state index contributed by atoms with van der Waals surface area (Å²) < 4.78 is 1.10. The number of hydrogen-bond acceptors (Lipinski definition) is 3. The van der Waals surface area contributed by atoms with Crippen LogP contribution < -0.4 is 0 Å². The van der Waals surface area contributed by atoms with Crippen LogP contribution in [0.5, 0.6) is 0 Å². The van der Waals surface area contributed by atoms with Gasteiger partial charge in [0.1, 0.15) is 6.07 Å². The van der Waals surface area contributed by atoms with Gasteiger partial charge in [-0.2, -0.15) is 5.26 Å². The quantitative estimate of drug-likeness (QED) is 0.570. The van der Waals surface area contributed by atoms with Crippen molar-refractivity contribution in [3.63, 3.8) is 0 Å². The SMILES string of the molecule is N#Cc1nc2ccc3ccccc3c2s1. The van der Waals surface area contributed by atoms with Crippen molar-refractivity contribution in [3.05, 3.63) is 41.4 Å². The fourth-order valence-corrected chi connectivity index (χ4v) is 2.60. The number of rotatable bonds is 0. The normalized spacial score (nSPS) is 10.6. The molecule has 3 heteroatoms. The van der Waals surface area contributed by atoms with E-state index in [1.165, 1.54) is 22.1 Å². The van der Waals surface area contributed by atoms with Crippen molar-refractivity contribution in [3.8, 4) is 6.07 Å². The maximum atomic E-state index is 8.81. The number of nitrogens with zero attached hydrogens (tertiary/aromatic N) is 2. The first kappa shape index (κ1) is 8.39. The largest absolute Gasteiger partial charge is 0.226 e. The van der Waals surface area contributed by atoms with Crippen LogP contribution in [0.3, 0.4) is 0 Å². The molecule has 15 heavy (non-hydrogen) atoms. The Balaban J connectivity index is 2.54. The van der Waals surface area contributed by atoms with E-state index in [0.717, 1.165) is 10.2 Å². The maximum Gasteiger partial charge on any atom is 0.195 e. The van der Waals surface area contributed by atoms with Crippen molar-refractivity contribution < 1.29 is 0 Å². The van der Waals surface area contributed by atoms with E-state index >= 15 is 0 Å². The first-order chi connectivity index (χ1) is 7.38. The van der Waals surface area contributed by atoms with Gasteiger partial charge in [0.25, 0.3) is 0 Å². The molecule has 1 aromatic heterocycles. The van der Waals surface area contributed by atoms with Gasteiger partial charge >= 0.3 is 0 Å². The molecule has 70 valence electrons. The molecule has 0 saturated carbocycles. The van der Waals surface area contributed by atoms with Gasteiger partial charge < -0.3 is 0 Å². The molecule has 1 heterocycles. The molecular formula is C12H6N2S. The van der Waals surface area contributed by atoms with Crippen molar-refractivity contribution in [1.29, 1.82) is 5.26 Å². The lowest BCUT2D eigenvalue weighted by Gasteiger charge is -1.96. The van der Waals surface area contributed by atoms with E-state index < -0.39 is 0 Å². The molecule has 0 bridgehead atoms. The second kappa shape index (κ2) is 3.04. The number of hydrogen-bond donors (Lipinski definition) is 0. The molecule has 0 aliphatic heterocycles. The maximum absolute atomic E-state index is 8.81. The summed E-state index contributed by atoms with van der Waals surface area (Å²) in [5.41, 5.74) is 0.912. The Morgan fingerprint density at radius 1 is 1.13 bits per heavy atom. The molecule has 3 rings (SSSR count). The number of aromatic nitrogens is 1. The Hall–Kier alpha value is -1.92. The van der Waals surface area contributed by atoms with E-state index in [1.54, 1.807) is 0 Å². The molecular weight excluding hydrogens is 204 g/mol. The molecule has 0 aliphatic carbocycles. The summed E-state index contributed by atoms with van der Waals surface area (Å²) in [6, 6.07) is 14.3. The van der Waals surface area contributed by atoms with Gasteiger partial charge in [0, 0.05) is 5.39 Å². The van der Waals surface area contributed by atoms with Gasteiger partial charge in [0.05, 0.1) is 10.2 Å². The average molecular weight is 210 g/mol. The number of nitriles is 1. The van der Waals surface area contributed by atoms with Crippen LogP contribution in [-0.4, -0.2) is 4.98 Å². The third-order valence-electron chi connectivity index (χ3n) is 2.38. The van der Waals surface area contributed by atoms with Crippen molar-refractivity contribution in [2.24, 2.45) is 0 Å². The molecule has 2 nitrogen and oxygen atoms in total. The minimum atomic E-state index is 0.529. The van der Waals surface area contributed by atoms with E-state index in [2.05, 4.69) is 23.2 Å². The lowest BCUT2D eigenvalue weighted by molar-refractivity contribution is 1.40. The van der Waals surface area contributed by atoms with Crippen LogP contribution in [0.15, 0.2) is 36.4 Å². The monoisotopic (exact) mass is 210 g/mol. The highest BCUT2D eigenvalue weighted by atomic mass is 32.1. The van der Waals surface area contributed by atoms with Crippen LogP contribution in [-0.2, 0) is 0 Å². The molecule has 0 saturated heterocycles. The van der Waals surface area contributed by atoms with Crippen molar-refractivity contribution in [2.75, 3.05) is 0 Å². The Labute approximate surface area is 90.4 Å². The number of benzene rings is 2. The minimum absolute atomic E-state index is 0.529. The molecule has 0 amide bonds. The fraction of sp³-hybridized carbons (Fsp3) is 0. The summed E-state index contributed by atoms with van der Waals surface area (Å²) in [7, 11) is 0. The number of thiazole rings is 1. The van der Waals surface area contributed by atoms with Gasteiger partial charge in [-0.05, 0) is 11.5 Å². The smallest absolute Gasteiger partial charge is 0.195 e. The molecule has 3 aromatic rings. The third-order valence-corrected chi connectivity index (χ3v) is 3.38. The molecule has 0 aliphatic rings. The van der Waals surface area contributed by atoms with Crippen LogP contribution in [0, 0.1) is 11.3 Å². The predicted octanol–water partition coefficient (Wildman–Crippen LogP) is 3.32. The van der Waals surface area contributed by atoms with Crippen LogP contribution >= 0.6 is 11.3 Å². The zero-order chi connectivity index (χ0) is 10.3. The van der Waals surface area contributed by atoms with E-state index in [-0.39, 0.29) is 0 Å². The van der Waals surface area contributed by atoms with Crippen molar-refractivity contribution >= 4 is 32.3 Å². The average Bonchev–Trinajstić information content (AvgIpc) is 2.72. The second-order valence-electron chi connectivity index (χ2n) is 3.27. The summed E-state index contributed by atoms with van der Waals surface area (Å²) in [5, 5.41) is 11.7. The van der Waals surface area contributed by atoms with Crippen LogP contribution in [0.1, 0.15) is 5.01 Å². The molecule has 0 unspecified atom stereocenters. The van der Waals surface area contributed by atoms with Crippen molar-refractivity contribution in [2.45, 2.75) is 0 Å². The van der Waals surface area contributed by atoms with Gasteiger partial charge in [-0.3, -0.25) is 0 Å². The third kappa shape index (κ3) is 1.19. The first-order valence-corrected chi connectivity index (χ1v) is 5.38. The first-order valence-electron chi connectivity index (χ1n) is 4.57. The van der Waals surface area contributed by atoms with Gasteiger partial charge in [0.2, 0.25) is 0 Å². The minimum Gasteiger partial charge on any atom is -0.226 e. The Bertz CT molecular complexity index is 691. The van der Waals surface area contributed by atoms with E-state index in [0.29, 0.717) is 5.01 Å². The highest BCUT2D eigenvalue weighted by molar-refractivity contribution is 7.20. The van der Waals surface area contributed by atoms with Crippen molar-refractivity contribution in [1.82, 2.24) is 4.98 Å². The molecule has 2 aromatic carbocycles. The summed E-state index contributed by atoms with van der Waals surface area (Å²) >= 11 is 1.45. The molecule has 0 radical (unpaired) electrons. The summed E-state index contributed by atoms with van der Waals surface area (Å²) in [5.74, 6) is 0. The van der Waals surface area contributed by atoms with Gasteiger partial charge in [-0.25, -0.2) is 4.98 Å². The predicted molar refractivity (Wildman–Crippen MR) is 61.8 cm³/mol. The topological polar surface area (TPSA) is 36.7 Å². The van der Waals surface area contributed by atoms with Crippen LogP contribution in [0.4, 0.5) is 0 Å². The Morgan fingerprint density at radius 2 is 2.00 bits per heavy atom. The highest BCUT2D eigenvalue weighted by Gasteiger charge is 2.05. The molecule has 0 spiro atoms. The Morgan fingerprint density at radius 3 is 2.87 bits per heavy atom. The van der Waals surface area contributed by atoms with Crippen LogP contribution in [0.25, 0.3) is 21.0 Å². The van der Waals surface area contributed by atoms with Crippen LogP contribution in [0.2, 0.25) is 0 Å². The molecule has 0 fully saturated rings. The van der Waals surface area contributed by atoms with Gasteiger partial charge in [-0.1, -0.05) is 30.3 Å². The lowest BCUT2D eigenvalue weighted by atomic mass is 10.1. The van der Waals surface area contributed by atoms with Gasteiger partial charge in [0.15, 0.2) is 5.01 Å². The second-order valence-corrected chi connectivity index (χ2v) is 4.26. The lowest BCUT2D eigenvalue weighted by Crippen LogP contribution is -1.72. The fourth-order valence-electron chi connectivity index (χ4n) is 1.70. The molecule has 0 N–H and O–H groups in total. The van der Waals surface area contributed by atoms with E-state index in [9.17, 15) is 0 Å². The van der Waals surface area contributed by atoms with E-state index in [4.69, 9.17) is 5.26 Å². The highest BCUT2D eigenvalue weighted by Crippen LogP contribution is 2.29. The Kier molecular flexibility index (Phi) is 1.70. The standard InChI is InChI=1S/C12H6N2S/c13-7-11-14-10-6-5-8-3-1-2-4-9(8)12(10)15-11/h1-6H. The molecule has 0 atom stereocenters. The summed E-state index contributed by atoms with van der Waals surface area (Å²) in [6.07, 6.45) is 0. The van der Waals surface area contributed by atoms with E-state index in [1.807, 2.05) is 24.3 Å². The van der Waals surface area contributed by atoms with Gasteiger partial charge in [-0.15, -0.1) is 11.3 Å². The summed E-state index contributed by atoms with van der Waals surface area (Å²) in [4.78, 5) is 4.24. The summed E-state index contributed by atoms with van der Waals surface area (Å²) in [6.45, 7) is 0. The zero-order valence-corrected chi connectivity index (χ0v) is 8.58. The zero-order valence-electron chi connectivity index (χ0n) is 7.77.